The van der Waals surface area contributed by atoms with Crippen LogP contribution < -0.4 is 5.73 Å². The molecule has 94 valence electrons. The highest BCUT2D eigenvalue weighted by Crippen LogP contribution is 2.25. The van der Waals surface area contributed by atoms with Crippen LogP contribution in [0.15, 0.2) is 12.1 Å². The summed E-state index contributed by atoms with van der Waals surface area (Å²) in [6, 6.07) is 1.28. The summed E-state index contributed by atoms with van der Waals surface area (Å²) in [7, 11) is 0. The largest absolute Gasteiger partial charge is 0.481 e. The van der Waals surface area contributed by atoms with Crippen LogP contribution in [-0.2, 0) is 4.79 Å². The van der Waals surface area contributed by atoms with Crippen molar-refractivity contribution >= 4 is 5.97 Å². The zero-order valence-electron chi connectivity index (χ0n) is 8.92. The van der Waals surface area contributed by atoms with Gasteiger partial charge in [-0.25, -0.2) is 13.2 Å². The molecule has 0 amide bonds. The Hall–Kier alpha value is -1.56. The molecule has 0 saturated heterocycles. The maximum Gasteiger partial charge on any atom is 0.303 e. The van der Waals surface area contributed by atoms with Crippen LogP contribution in [0.1, 0.15) is 24.3 Å². The molecule has 17 heavy (non-hydrogen) atoms. The van der Waals surface area contributed by atoms with Gasteiger partial charge in [-0.3, -0.25) is 4.79 Å². The average molecular weight is 247 g/mol. The van der Waals surface area contributed by atoms with E-state index in [1.54, 1.807) is 0 Å². The van der Waals surface area contributed by atoms with Crippen LogP contribution in [0.5, 0.6) is 0 Å². The van der Waals surface area contributed by atoms with E-state index in [4.69, 9.17) is 10.8 Å². The lowest BCUT2D eigenvalue weighted by Crippen LogP contribution is -2.16. The molecule has 0 aliphatic carbocycles. The summed E-state index contributed by atoms with van der Waals surface area (Å²) in [4.78, 5) is 10.4. The molecule has 0 spiro atoms. The second-order valence-electron chi connectivity index (χ2n) is 3.66. The summed E-state index contributed by atoms with van der Waals surface area (Å²) < 4.78 is 39.3. The summed E-state index contributed by atoms with van der Waals surface area (Å²) in [5.74, 6) is -5.16. The summed E-state index contributed by atoms with van der Waals surface area (Å²) in [5, 5.41) is 8.50. The third-order valence-electron chi connectivity index (χ3n) is 2.45. The van der Waals surface area contributed by atoms with Gasteiger partial charge < -0.3 is 10.8 Å². The molecule has 0 heterocycles. The lowest BCUT2D eigenvalue weighted by atomic mass is 9.93. The van der Waals surface area contributed by atoms with Crippen LogP contribution in [0.25, 0.3) is 0 Å². The number of carbonyl (C=O) groups is 1. The minimum atomic E-state index is -1.30. The van der Waals surface area contributed by atoms with Crippen LogP contribution in [-0.4, -0.2) is 17.6 Å². The molecule has 0 bridgehead atoms. The van der Waals surface area contributed by atoms with Gasteiger partial charge in [-0.15, -0.1) is 0 Å². The van der Waals surface area contributed by atoms with E-state index in [9.17, 15) is 18.0 Å². The monoisotopic (exact) mass is 247 g/mol. The number of rotatable bonds is 5. The van der Waals surface area contributed by atoms with Crippen molar-refractivity contribution in [3.8, 4) is 0 Å². The molecule has 0 aromatic heterocycles. The summed E-state index contributed by atoms with van der Waals surface area (Å²) in [6.45, 7) is -0.0763. The van der Waals surface area contributed by atoms with Gasteiger partial charge in [0.25, 0.3) is 0 Å². The maximum absolute atomic E-state index is 13.4. The lowest BCUT2D eigenvalue weighted by Gasteiger charge is -2.15. The van der Waals surface area contributed by atoms with E-state index in [0.717, 1.165) is 6.07 Å². The van der Waals surface area contributed by atoms with Crippen molar-refractivity contribution in [3.05, 3.63) is 35.1 Å². The number of halogens is 3. The van der Waals surface area contributed by atoms with Crippen molar-refractivity contribution in [1.82, 2.24) is 0 Å². The Morgan fingerprint density at radius 2 is 2.00 bits per heavy atom. The minimum absolute atomic E-state index is 0.0334. The fraction of sp³-hybridized carbons (Fsp3) is 0.364. The molecule has 0 saturated carbocycles. The highest BCUT2D eigenvalue weighted by molar-refractivity contribution is 5.66. The van der Waals surface area contributed by atoms with E-state index in [0.29, 0.717) is 6.07 Å². The molecule has 1 atom stereocenters. The first-order chi connectivity index (χ1) is 7.95. The van der Waals surface area contributed by atoms with Crippen molar-refractivity contribution in [2.45, 2.75) is 18.8 Å². The van der Waals surface area contributed by atoms with Gasteiger partial charge in [-0.05, 0) is 30.5 Å². The van der Waals surface area contributed by atoms with E-state index in [-0.39, 0.29) is 24.9 Å². The number of carboxylic acids is 1. The maximum atomic E-state index is 13.4. The van der Waals surface area contributed by atoms with Crippen molar-refractivity contribution in [1.29, 1.82) is 0 Å². The molecule has 3 N–H and O–H groups in total. The zero-order chi connectivity index (χ0) is 13.0. The number of hydrogen-bond donors (Lipinski definition) is 2. The molecular weight excluding hydrogens is 235 g/mol. The molecule has 1 unspecified atom stereocenters. The second-order valence-corrected chi connectivity index (χ2v) is 3.66. The Bertz CT molecular complexity index is 423. The van der Waals surface area contributed by atoms with Crippen LogP contribution >= 0.6 is 0 Å². The highest BCUT2D eigenvalue weighted by Gasteiger charge is 2.19. The quantitative estimate of drug-likeness (QED) is 0.782. The third-order valence-corrected chi connectivity index (χ3v) is 2.45. The standard InChI is InChI=1S/C11H12F3NO2/c12-7-3-8(11(14)9(13)4-7)6(5-15)1-2-10(16)17/h3-4,6H,1-2,5,15H2,(H,16,17). The van der Waals surface area contributed by atoms with Gasteiger partial charge in [0.1, 0.15) is 5.82 Å². The van der Waals surface area contributed by atoms with E-state index >= 15 is 0 Å². The normalized spacial score (nSPS) is 12.5. The zero-order valence-corrected chi connectivity index (χ0v) is 8.92. The molecule has 0 aliphatic rings. The summed E-state index contributed by atoms with van der Waals surface area (Å²) >= 11 is 0. The van der Waals surface area contributed by atoms with Gasteiger partial charge in [-0.2, -0.15) is 0 Å². The van der Waals surface area contributed by atoms with Gasteiger partial charge in [0.05, 0.1) is 0 Å². The lowest BCUT2D eigenvalue weighted by molar-refractivity contribution is -0.137. The molecule has 0 fully saturated rings. The van der Waals surface area contributed by atoms with E-state index < -0.39 is 29.3 Å². The number of nitrogens with two attached hydrogens (primary N) is 1. The number of carboxylic acid groups (broad SMARTS) is 1. The van der Waals surface area contributed by atoms with Gasteiger partial charge in [0.15, 0.2) is 11.6 Å². The van der Waals surface area contributed by atoms with Gasteiger partial charge in [0.2, 0.25) is 0 Å². The molecule has 1 aromatic carbocycles. The van der Waals surface area contributed by atoms with Crippen molar-refractivity contribution in [3.63, 3.8) is 0 Å². The topological polar surface area (TPSA) is 63.3 Å². The fourth-order valence-corrected chi connectivity index (χ4v) is 1.57. The first-order valence-electron chi connectivity index (χ1n) is 5.02. The van der Waals surface area contributed by atoms with E-state index in [1.807, 2.05) is 0 Å². The number of aliphatic carboxylic acids is 1. The minimum Gasteiger partial charge on any atom is -0.481 e. The van der Waals surface area contributed by atoms with E-state index in [2.05, 4.69) is 0 Å². The molecule has 3 nitrogen and oxygen atoms in total. The molecule has 6 heteroatoms. The summed E-state index contributed by atoms with van der Waals surface area (Å²) in [5.41, 5.74) is 5.14. The smallest absolute Gasteiger partial charge is 0.303 e. The van der Waals surface area contributed by atoms with Crippen molar-refractivity contribution in [2.24, 2.45) is 5.73 Å². The van der Waals surface area contributed by atoms with Gasteiger partial charge >= 0.3 is 5.97 Å². The van der Waals surface area contributed by atoms with Crippen LogP contribution in [0.3, 0.4) is 0 Å². The Kier molecular flexibility index (Phi) is 4.51. The average Bonchev–Trinajstić information content (AvgIpc) is 2.25. The van der Waals surface area contributed by atoms with Crippen molar-refractivity contribution in [2.75, 3.05) is 6.54 Å². The van der Waals surface area contributed by atoms with Crippen LogP contribution in [0.4, 0.5) is 13.2 Å². The van der Waals surface area contributed by atoms with E-state index in [1.165, 1.54) is 0 Å². The predicted octanol–water partition coefficient (Wildman–Crippen LogP) is 2.01. The molecule has 0 radical (unpaired) electrons. The third kappa shape index (κ3) is 3.45. The van der Waals surface area contributed by atoms with Crippen molar-refractivity contribution < 1.29 is 23.1 Å². The SMILES string of the molecule is NCC(CCC(=O)O)c1cc(F)cc(F)c1F. The fourth-order valence-electron chi connectivity index (χ4n) is 1.57. The molecule has 0 aliphatic heterocycles. The first kappa shape index (κ1) is 13.5. The Morgan fingerprint density at radius 1 is 1.35 bits per heavy atom. The molecule has 1 aromatic rings. The predicted molar refractivity (Wildman–Crippen MR) is 55.0 cm³/mol. The Labute approximate surface area is 96.0 Å². The molecular formula is C11H12F3NO2. The molecule has 1 rings (SSSR count). The Morgan fingerprint density at radius 3 is 2.53 bits per heavy atom. The number of benzene rings is 1. The number of hydrogen-bond acceptors (Lipinski definition) is 2. The second kappa shape index (κ2) is 5.67. The Balaban J connectivity index is 2.98. The summed E-state index contributed by atoms with van der Waals surface area (Å²) in [6.07, 6.45) is -0.203. The first-order valence-corrected chi connectivity index (χ1v) is 5.02. The van der Waals surface area contributed by atoms with Crippen LogP contribution in [0, 0.1) is 17.5 Å². The van der Waals surface area contributed by atoms with Gasteiger partial charge in [-0.1, -0.05) is 0 Å². The van der Waals surface area contributed by atoms with Crippen LogP contribution in [0.2, 0.25) is 0 Å². The van der Waals surface area contributed by atoms with Gasteiger partial charge in [0, 0.05) is 12.5 Å². The highest BCUT2D eigenvalue weighted by atomic mass is 19.2.